The zero-order valence-corrected chi connectivity index (χ0v) is 15.4. The van der Waals surface area contributed by atoms with Gasteiger partial charge >= 0.3 is 0 Å². The van der Waals surface area contributed by atoms with E-state index in [9.17, 15) is 0 Å². The van der Waals surface area contributed by atoms with Crippen molar-refractivity contribution in [2.45, 2.75) is 26.3 Å². The van der Waals surface area contributed by atoms with Crippen molar-refractivity contribution < 1.29 is 0 Å². The van der Waals surface area contributed by atoms with Gasteiger partial charge in [-0.15, -0.1) is 11.3 Å². The quantitative estimate of drug-likeness (QED) is 0.550. The smallest absolute Gasteiger partial charge is 0.159 e. The SMILES string of the molecule is CC1=Nc2c(-c3ccc(Br)cc3)c(C)nn2[C@@H](c2cccs2)C1. The molecule has 1 aliphatic rings. The van der Waals surface area contributed by atoms with E-state index >= 15 is 0 Å². The zero-order valence-electron chi connectivity index (χ0n) is 13.0. The molecule has 0 N–H and O–H groups in total. The molecule has 4 rings (SSSR count). The number of thiophene rings is 1. The highest BCUT2D eigenvalue weighted by atomic mass is 79.9. The standard InChI is InChI=1S/C18H16BrN3S/c1-11-10-15(16-4-3-9-23-16)22-18(20-11)17(12(2)21-22)13-5-7-14(19)8-6-13/h3-9,15H,10H2,1-2H3/t15-/m1/s1. The number of nitrogens with zero attached hydrogens (tertiary/aromatic N) is 3. The van der Waals surface area contributed by atoms with E-state index in [2.05, 4.69) is 76.2 Å². The van der Waals surface area contributed by atoms with Crippen molar-refractivity contribution in [2.75, 3.05) is 0 Å². The number of hydrogen-bond acceptors (Lipinski definition) is 3. The first kappa shape index (κ1) is 14.8. The molecule has 0 saturated carbocycles. The molecule has 0 saturated heterocycles. The maximum atomic E-state index is 4.84. The van der Waals surface area contributed by atoms with Crippen molar-refractivity contribution in [1.29, 1.82) is 0 Å². The zero-order chi connectivity index (χ0) is 16.0. The Labute approximate surface area is 147 Å². The number of aromatic nitrogens is 2. The van der Waals surface area contributed by atoms with Gasteiger partial charge < -0.3 is 0 Å². The molecule has 23 heavy (non-hydrogen) atoms. The van der Waals surface area contributed by atoms with Crippen LogP contribution in [0.15, 0.2) is 51.2 Å². The lowest BCUT2D eigenvalue weighted by Gasteiger charge is -2.22. The molecule has 0 aliphatic carbocycles. The molecule has 0 unspecified atom stereocenters. The van der Waals surface area contributed by atoms with Gasteiger partial charge in [0.05, 0.1) is 11.7 Å². The first-order valence-electron chi connectivity index (χ1n) is 7.56. The molecular weight excluding hydrogens is 370 g/mol. The molecule has 0 spiro atoms. The normalized spacial score (nSPS) is 17.0. The Morgan fingerprint density at radius 2 is 1.96 bits per heavy atom. The number of aryl methyl sites for hydroxylation is 1. The molecule has 3 aromatic rings. The summed E-state index contributed by atoms with van der Waals surface area (Å²) in [6.07, 6.45) is 0.925. The minimum atomic E-state index is 0.255. The molecule has 3 heterocycles. The number of hydrogen-bond donors (Lipinski definition) is 0. The summed E-state index contributed by atoms with van der Waals surface area (Å²) >= 11 is 5.29. The Bertz CT molecular complexity index is 876. The van der Waals surface area contributed by atoms with E-state index in [4.69, 9.17) is 10.1 Å². The van der Waals surface area contributed by atoms with Crippen LogP contribution in [0.1, 0.15) is 30.0 Å². The molecule has 5 heteroatoms. The van der Waals surface area contributed by atoms with Gasteiger partial charge in [0, 0.05) is 27.0 Å². The summed E-state index contributed by atoms with van der Waals surface area (Å²) in [6, 6.07) is 12.9. The summed E-state index contributed by atoms with van der Waals surface area (Å²) in [5, 5.41) is 6.95. The second-order valence-electron chi connectivity index (χ2n) is 5.82. The van der Waals surface area contributed by atoms with Crippen LogP contribution in [0, 0.1) is 6.92 Å². The van der Waals surface area contributed by atoms with Gasteiger partial charge in [0.2, 0.25) is 0 Å². The lowest BCUT2D eigenvalue weighted by Crippen LogP contribution is -2.18. The predicted molar refractivity (Wildman–Crippen MR) is 99.9 cm³/mol. The van der Waals surface area contributed by atoms with Gasteiger partial charge in [-0.25, -0.2) is 9.67 Å². The van der Waals surface area contributed by atoms with Crippen LogP contribution in [0.2, 0.25) is 0 Å². The van der Waals surface area contributed by atoms with Crippen LogP contribution in [0.4, 0.5) is 5.82 Å². The van der Waals surface area contributed by atoms with E-state index in [-0.39, 0.29) is 6.04 Å². The van der Waals surface area contributed by atoms with E-state index in [0.717, 1.165) is 39.2 Å². The molecule has 0 radical (unpaired) electrons. The van der Waals surface area contributed by atoms with Gasteiger partial charge in [-0.3, -0.25) is 0 Å². The summed E-state index contributed by atoms with van der Waals surface area (Å²) in [5.74, 6) is 0.979. The average Bonchev–Trinajstić information content (AvgIpc) is 3.15. The minimum absolute atomic E-state index is 0.255. The van der Waals surface area contributed by atoms with Crippen molar-refractivity contribution in [3.05, 3.63) is 56.8 Å². The summed E-state index contributed by atoms with van der Waals surface area (Å²) in [6.45, 7) is 4.18. The van der Waals surface area contributed by atoms with Gasteiger partial charge in [-0.2, -0.15) is 5.10 Å². The highest BCUT2D eigenvalue weighted by Gasteiger charge is 2.28. The van der Waals surface area contributed by atoms with Crippen molar-refractivity contribution in [2.24, 2.45) is 4.99 Å². The Kier molecular flexibility index (Phi) is 3.70. The van der Waals surface area contributed by atoms with Gasteiger partial charge in [0.15, 0.2) is 5.82 Å². The van der Waals surface area contributed by atoms with Crippen molar-refractivity contribution in [1.82, 2.24) is 9.78 Å². The van der Waals surface area contributed by atoms with Crippen LogP contribution in [0.5, 0.6) is 0 Å². The van der Waals surface area contributed by atoms with Crippen LogP contribution < -0.4 is 0 Å². The first-order valence-corrected chi connectivity index (χ1v) is 9.23. The summed E-state index contributed by atoms with van der Waals surface area (Å²) in [4.78, 5) is 6.17. The van der Waals surface area contributed by atoms with Crippen LogP contribution in [0.25, 0.3) is 11.1 Å². The monoisotopic (exact) mass is 385 g/mol. The molecule has 0 bridgehead atoms. The van der Waals surface area contributed by atoms with Gasteiger partial charge in [0.1, 0.15) is 0 Å². The molecule has 1 aliphatic heterocycles. The molecule has 3 nitrogen and oxygen atoms in total. The second-order valence-corrected chi connectivity index (χ2v) is 7.71. The largest absolute Gasteiger partial charge is 0.238 e. The molecular formula is C18H16BrN3S. The fourth-order valence-electron chi connectivity index (χ4n) is 3.11. The predicted octanol–water partition coefficient (Wildman–Crippen LogP) is 5.77. The number of aliphatic imine (C=N–C) groups is 1. The number of benzene rings is 1. The second kappa shape index (κ2) is 5.73. The number of fused-ring (bicyclic) bond motifs is 1. The molecule has 1 atom stereocenters. The first-order chi connectivity index (χ1) is 11.1. The maximum Gasteiger partial charge on any atom is 0.159 e. The van der Waals surface area contributed by atoms with E-state index in [1.54, 1.807) is 11.3 Å². The highest BCUT2D eigenvalue weighted by Crippen LogP contribution is 2.41. The topological polar surface area (TPSA) is 30.2 Å². The number of rotatable bonds is 2. The Hall–Kier alpha value is -1.72. The number of halogens is 1. The Morgan fingerprint density at radius 1 is 1.17 bits per heavy atom. The highest BCUT2D eigenvalue weighted by molar-refractivity contribution is 9.10. The molecule has 0 amide bonds. The summed E-state index contributed by atoms with van der Waals surface area (Å²) < 4.78 is 3.18. The Morgan fingerprint density at radius 3 is 2.65 bits per heavy atom. The Balaban J connectivity index is 1.90. The lowest BCUT2D eigenvalue weighted by atomic mass is 10.0. The van der Waals surface area contributed by atoms with Crippen molar-refractivity contribution in [3.8, 4) is 11.1 Å². The van der Waals surface area contributed by atoms with Crippen LogP contribution in [-0.4, -0.2) is 15.5 Å². The molecule has 1 aromatic carbocycles. The summed E-state index contributed by atoms with van der Waals surface area (Å²) in [5.41, 5.74) is 4.49. The third kappa shape index (κ3) is 2.58. The molecule has 0 fully saturated rings. The van der Waals surface area contributed by atoms with E-state index in [0.29, 0.717) is 0 Å². The van der Waals surface area contributed by atoms with Gasteiger partial charge in [-0.1, -0.05) is 34.1 Å². The van der Waals surface area contributed by atoms with Gasteiger partial charge in [0.25, 0.3) is 0 Å². The van der Waals surface area contributed by atoms with E-state index in [1.807, 2.05) is 0 Å². The fourth-order valence-corrected chi connectivity index (χ4v) is 4.18. The van der Waals surface area contributed by atoms with Crippen LogP contribution in [0.3, 0.4) is 0 Å². The van der Waals surface area contributed by atoms with E-state index < -0.39 is 0 Å². The van der Waals surface area contributed by atoms with Crippen molar-refractivity contribution in [3.63, 3.8) is 0 Å². The van der Waals surface area contributed by atoms with E-state index in [1.165, 1.54) is 4.88 Å². The third-order valence-electron chi connectivity index (χ3n) is 4.15. The summed E-state index contributed by atoms with van der Waals surface area (Å²) in [7, 11) is 0. The maximum absolute atomic E-state index is 4.84. The fraction of sp³-hybridized carbons (Fsp3) is 0.222. The molecule has 116 valence electrons. The third-order valence-corrected chi connectivity index (χ3v) is 5.65. The molecule has 2 aromatic heterocycles. The average molecular weight is 386 g/mol. The lowest BCUT2D eigenvalue weighted by molar-refractivity contribution is 0.536. The van der Waals surface area contributed by atoms with Crippen molar-refractivity contribution >= 4 is 38.8 Å². The minimum Gasteiger partial charge on any atom is -0.238 e. The van der Waals surface area contributed by atoms with Crippen LogP contribution in [-0.2, 0) is 0 Å². The van der Waals surface area contributed by atoms with Crippen LogP contribution >= 0.6 is 27.3 Å². The van der Waals surface area contributed by atoms with Gasteiger partial charge in [-0.05, 0) is 43.0 Å².